The lowest BCUT2D eigenvalue weighted by Gasteiger charge is -2.28. The number of aryl methyl sites for hydroxylation is 2. The standard InChI is InChI=1S/C67H55N3/c1-5-45-17-13-14-22-57(45)58-37-35-55(41-46(58)6-2)69(51-18-9-7-10-19-51)53-31-25-47(26-32-53)49-29-39-65-61(42-49)62-43-50(30-40-66(62)68-65)48-27-33-54(34-28-48)70(52-20-11-8-12-21-52)56-36-38-60-59-23-15-16-24-63(59)67(3,4)64(60)44-56/h7-44,68H,5-6H2,1-4H3. The van der Waals surface area contributed by atoms with Crippen molar-refractivity contribution in [1.29, 1.82) is 0 Å². The summed E-state index contributed by atoms with van der Waals surface area (Å²) in [5, 5.41) is 2.43. The van der Waals surface area contributed by atoms with Gasteiger partial charge in [-0.15, -0.1) is 0 Å². The Hall–Kier alpha value is -8.40. The number of aromatic nitrogens is 1. The molecule has 0 amide bonds. The topological polar surface area (TPSA) is 22.3 Å². The summed E-state index contributed by atoms with van der Waals surface area (Å²) >= 11 is 0. The normalized spacial score (nSPS) is 12.5. The van der Waals surface area contributed by atoms with Gasteiger partial charge < -0.3 is 14.8 Å². The van der Waals surface area contributed by atoms with Crippen molar-refractivity contribution < 1.29 is 0 Å². The van der Waals surface area contributed by atoms with Crippen molar-refractivity contribution in [3.05, 3.63) is 253 Å². The van der Waals surface area contributed by atoms with E-state index in [0.29, 0.717) is 0 Å². The van der Waals surface area contributed by atoms with Crippen molar-refractivity contribution in [2.45, 2.75) is 46.0 Å². The number of hydrogen-bond donors (Lipinski definition) is 1. The number of para-hydroxylation sites is 2. The van der Waals surface area contributed by atoms with Crippen LogP contribution in [0.2, 0.25) is 0 Å². The molecule has 0 saturated carbocycles. The molecule has 1 aliphatic carbocycles. The van der Waals surface area contributed by atoms with E-state index in [-0.39, 0.29) is 5.41 Å². The molecule has 0 aliphatic heterocycles. The molecule has 0 atom stereocenters. The highest BCUT2D eigenvalue weighted by Gasteiger charge is 2.35. The summed E-state index contributed by atoms with van der Waals surface area (Å²) in [6, 6.07) is 84.8. The van der Waals surface area contributed by atoms with Gasteiger partial charge in [0.15, 0.2) is 0 Å². The largest absolute Gasteiger partial charge is 0.355 e. The first kappa shape index (κ1) is 42.9. The molecule has 0 spiro atoms. The summed E-state index contributed by atoms with van der Waals surface area (Å²) in [6.45, 7) is 9.20. The van der Waals surface area contributed by atoms with Gasteiger partial charge in [0, 0.05) is 61.3 Å². The predicted molar refractivity (Wildman–Crippen MR) is 298 cm³/mol. The van der Waals surface area contributed by atoms with Crippen molar-refractivity contribution in [3.63, 3.8) is 0 Å². The maximum Gasteiger partial charge on any atom is 0.0465 e. The zero-order valence-corrected chi connectivity index (χ0v) is 40.2. The Morgan fingerprint density at radius 2 is 0.743 bits per heavy atom. The molecule has 0 saturated heterocycles. The zero-order valence-electron chi connectivity index (χ0n) is 40.2. The first-order chi connectivity index (χ1) is 34.4. The zero-order chi connectivity index (χ0) is 47.3. The number of hydrogen-bond acceptors (Lipinski definition) is 2. The minimum atomic E-state index is -0.0829. The highest BCUT2D eigenvalue weighted by molar-refractivity contribution is 6.10. The molecule has 1 heterocycles. The van der Waals surface area contributed by atoms with Crippen LogP contribution in [-0.4, -0.2) is 4.98 Å². The lowest BCUT2D eigenvalue weighted by molar-refractivity contribution is 0.660. The van der Waals surface area contributed by atoms with Crippen LogP contribution in [0.1, 0.15) is 49.9 Å². The molecule has 10 aromatic carbocycles. The molecule has 0 unspecified atom stereocenters. The number of rotatable bonds is 11. The van der Waals surface area contributed by atoms with E-state index in [1.807, 2.05) is 0 Å². The van der Waals surface area contributed by atoms with Gasteiger partial charge in [-0.1, -0.05) is 161 Å². The van der Waals surface area contributed by atoms with E-state index < -0.39 is 0 Å². The van der Waals surface area contributed by atoms with Gasteiger partial charge >= 0.3 is 0 Å². The average molecular weight is 902 g/mol. The van der Waals surface area contributed by atoms with Crippen molar-refractivity contribution in [3.8, 4) is 44.5 Å². The summed E-state index contributed by atoms with van der Waals surface area (Å²) < 4.78 is 0. The quantitative estimate of drug-likeness (QED) is 0.140. The Morgan fingerprint density at radius 3 is 1.30 bits per heavy atom. The first-order valence-electron chi connectivity index (χ1n) is 24.8. The smallest absolute Gasteiger partial charge is 0.0465 e. The second-order valence-electron chi connectivity index (χ2n) is 19.2. The molecule has 1 aliphatic rings. The molecule has 3 nitrogen and oxygen atoms in total. The van der Waals surface area contributed by atoms with Crippen LogP contribution in [0.15, 0.2) is 231 Å². The van der Waals surface area contributed by atoms with E-state index in [0.717, 1.165) is 58.0 Å². The minimum Gasteiger partial charge on any atom is -0.355 e. The molecular formula is C67H55N3. The van der Waals surface area contributed by atoms with Crippen LogP contribution in [0, 0.1) is 0 Å². The maximum absolute atomic E-state index is 3.70. The van der Waals surface area contributed by atoms with Crippen molar-refractivity contribution >= 4 is 55.9 Å². The fourth-order valence-corrected chi connectivity index (χ4v) is 11.1. The molecule has 0 radical (unpaired) electrons. The predicted octanol–water partition coefficient (Wildman–Crippen LogP) is 18.7. The summed E-state index contributed by atoms with van der Waals surface area (Å²) in [7, 11) is 0. The van der Waals surface area contributed by atoms with E-state index in [4.69, 9.17) is 0 Å². The number of aromatic amines is 1. The lowest BCUT2D eigenvalue weighted by Crippen LogP contribution is -2.16. The Labute approximate surface area is 412 Å². The van der Waals surface area contributed by atoms with Gasteiger partial charge in [-0.2, -0.15) is 0 Å². The molecule has 12 rings (SSSR count). The minimum absolute atomic E-state index is 0.0829. The highest BCUT2D eigenvalue weighted by Crippen LogP contribution is 2.51. The van der Waals surface area contributed by atoms with Crippen LogP contribution < -0.4 is 9.80 Å². The lowest BCUT2D eigenvalue weighted by atomic mass is 9.82. The van der Waals surface area contributed by atoms with Crippen LogP contribution in [-0.2, 0) is 18.3 Å². The van der Waals surface area contributed by atoms with E-state index in [9.17, 15) is 0 Å². The number of H-pyrrole nitrogens is 1. The molecule has 338 valence electrons. The van der Waals surface area contributed by atoms with E-state index in [2.05, 4.69) is 273 Å². The van der Waals surface area contributed by atoms with Crippen LogP contribution in [0.25, 0.3) is 66.3 Å². The Morgan fingerprint density at radius 1 is 0.329 bits per heavy atom. The fraction of sp³-hybridized carbons (Fsp3) is 0.104. The Kier molecular flexibility index (Phi) is 10.8. The monoisotopic (exact) mass is 901 g/mol. The van der Waals surface area contributed by atoms with Crippen molar-refractivity contribution in [1.82, 2.24) is 4.98 Å². The van der Waals surface area contributed by atoms with E-state index in [1.54, 1.807) is 0 Å². The maximum atomic E-state index is 3.70. The van der Waals surface area contributed by atoms with Gasteiger partial charge in [0.1, 0.15) is 0 Å². The third-order valence-electron chi connectivity index (χ3n) is 14.8. The Balaban J connectivity index is 0.853. The second-order valence-corrected chi connectivity index (χ2v) is 19.2. The molecular weight excluding hydrogens is 847 g/mol. The number of benzene rings is 10. The van der Waals surface area contributed by atoms with E-state index >= 15 is 0 Å². The first-order valence-corrected chi connectivity index (χ1v) is 24.8. The summed E-state index contributed by atoms with van der Waals surface area (Å²) in [6.07, 6.45) is 1.96. The van der Waals surface area contributed by atoms with Gasteiger partial charge in [-0.3, -0.25) is 0 Å². The van der Waals surface area contributed by atoms with Gasteiger partial charge in [0.2, 0.25) is 0 Å². The van der Waals surface area contributed by atoms with E-state index in [1.165, 1.54) is 77.5 Å². The van der Waals surface area contributed by atoms with Crippen LogP contribution >= 0.6 is 0 Å². The van der Waals surface area contributed by atoms with Gasteiger partial charge in [-0.25, -0.2) is 0 Å². The van der Waals surface area contributed by atoms with Gasteiger partial charge in [0.05, 0.1) is 0 Å². The Bertz CT molecular complexity index is 3700. The fourth-order valence-electron chi connectivity index (χ4n) is 11.1. The molecule has 70 heavy (non-hydrogen) atoms. The second kappa shape index (κ2) is 17.6. The SMILES string of the molecule is CCc1ccccc1-c1ccc(N(c2ccccc2)c2ccc(-c3ccc4[nH]c5ccc(-c6ccc(N(c7ccccc7)c7ccc8c(c7)C(C)(C)c7ccccc7-8)cc6)cc5c4c3)cc2)cc1CC. The highest BCUT2D eigenvalue weighted by atomic mass is 15.1. The van der Waals surface area contributed by atoms with Gasteiger partial charge in [-0.05, 0) is 177 Å². The number of anilines is 6. The molecule has 1 N–H and O–H groups in total. The molecule has 11 aromatic rings. The van der Waals surface area contributed by atoms with Crippen LogP contribution in [0.4, 0.5) is 34.1 Å². The number of nitrogens with zero attached hydrogens (tertiary/aromatic N) is 2. The molecule has 3 heteroatoms. The van der Waals surface area contributed by atoms with Gasteiger partial charge in [0.25, 0.3) is 0 Å². The average Bonchev–Trinajstić information content (AvgIpc) is 3.90. The van der Waals surface area contributed by atoms with Crippen LogP contribution in [0.3, 0.4) is 0 Å². The molecule has 0 bridgehead atoms. The summed E-state index contributed by atoms with van der Waals surface area (Å²) in [5.41, 5.74) is 24.5. The third-order valence-corrected chi connectivity index (χ3v) is 14.8. The van der Waals surface area contributed by atoms with Crippen molar-refractivity contribution in [2.24, 2.45) is 0 Å². The van der Waals surface area contributed by atoms with Crippen LogP contribution in [0.5, 0.6) is 0 Å². The van der Waals surface area contributed by atoms with Crippen molar-refractivity contribution in [2.75, 3.05) is 9.80 Å². The summed E-state index contributed by atoms with van der Waals surface area (Å²) in [5.74, 6) is 0. The summed E-state index contributed by atoms with van der Waals surface area (Å²) in [4.78, 5) is 8.46. The molecule has 0 fully saturated rings. The number of nitrogens with one attached hydrogen (secondary N) is 1. The number of fused-ring (bicyclic) bond motifs is 6. The molecule has 1 aromatic heterocycles. The third kappa shape index (κ3) is 7.46.